The summed E-state index contributed by atoms with van der Waals surface area (Å²) < 4.78 is 32.1. The first-order valence-corrected chi connectivity index (χ1v) is 10.7. The number of carbonyl (C=O) groups is 2. The molecule has 0 spiro atoms. The van der Waals surface area contributed by atoms with Gasteiger partial charge < -0.3 is 15.0 Å². The third kappa shape index (κ3) is 5.86. The number of piperidine rings is 1. The van der Waals surface area contributed by atoms with Gasteiger partial charge in [0.25, 0.3) is 0 Å². The zero-order valence-corrected chi connectivity index (χ0v) is 18.4. The van der Waals surface area contributed by atoms with Crippen LogP contribution in [0.4, 0.5) is 20.2 Å². The Kier molecular flexibility index (Phi) is 7.73. The van der Waals surface area contributed by atoms with Gasteiger partial charge in [-0.05, 0) is 49.4 Å². The molecule has 166 valence electrons. The van der Waals surface area contributed by atoms with E-state index < -0.39 is 17.6 Å². The quantitative estimate of drug-likeness (QED) is 0.562. The fourth-order valence-electron chi connectivity index (χ4n) is 3.61. The van der Waals surface area contributed by atoms with Crippen LogP contribution in [-0.2, 0) is 20.7 Å². The smallest absolute Gasteiger partial charge is 0.325 e. The minimum absolute atomic E-state index is 0.0357. The van der Waals surface area contributed by atoms with Crippen molar-refractivity contribution in [3.8, 4) is 0 Å². The van der Waals surface area contributed by atoms with Crippen molar-refractivity contribution in [3.05, 3.63) is 57.6 Å². The Morgan fingerprint density at radius 2 is 1.94 bits per heavy atom. The maximum atomic E-state index is 14.0. The van der Waals surface area contributed by atoms with Gasteiger partial charge in [0.15, 0.2) is 0 Å². The first-order chi connectivity index (χ1) is 14.8. The largest absolute Gasteiger partial charge is 0.465 e. The number of carbonyl (C=O) groups excluding carboxylic acids is 2. The predicted octanol–water partition coefficient (Wildman–Crippen LogP) is 5.23. The Bertz CT molecular complexity index is 964. The molecule has 0 aromatic heterocycles. The molecule has 0 radical (unpaired) electrons. The van der Waals surface area contributed by atoms with Gasteiger partial charge in [0, 0.05) is 24.7 Å². The van der Waals surface area contributed by atoms with Crippen molar-refractivity contribution < 1.29 is 23.1 Å². The lowest BCUT2D eigenvalue weighted by Crippen LogP contribution is -2.41. The average Bonchev–Trinajstić information content (AvgIpc) is 2.70. The van der Waals surface area contributed by atoms with E-state index in [1.54, 1.807) is 19.1 Å². The average molecular weight is 471 g/mol. The summed E-state index contributed by atoms with van der Waals surface area (Å²) in [6.07, 6.45) is 1.22. The lowest BCUT2D eigenvalue weighted by Gasteiger charge is -2.34. The molecule has 3 rings (SSSR count). The number of amides is 1. The van der Waals surface area contributed by atoms with Gasteiger partial charge in [-0.1, -0.05) is 29.3 Å². The number of hydrogen-bond acceptors (Lipinski definition) is 4. The molecule has 0 saturated carbocycles. The number of ether oxygens (including phenoxy) is 1. The van der Waals surface area contributed by atoms with Crippen LogP contribution in [0.25, 0.3) is 0 Å². The third-order valence-electron chi connectivity index (χ3n) is 5.06. The van der Waals surface area contributed by atoms with Gasteiger partial charge in [0.2, 0.25) is 5.91 Å². The second kappa shape index (κ2) is 10.3. The summed E-state index contributed by atoms with van der Waals surface area (Å²) >= 11 is 12.8. The molecule has 1 N–H and O–H groups in total. The molecule has 0 bridgehead atoms. The number of rotatable bonds is 7. The topological polar surface area (TPSA) is 58.6 Å². The lowest BCUT2D eigenvalue weighted by atomic mass is 9.90. The van der Waals surface area contributed by atoms with Gasteiger partial charge in [-0.3, -0.25) is 9.59 Å². The summed E-state index contributed by atoms with van der Waals surface area (Å²) in [6, 6.07) is 6.67. The van der Waals surface area contributed by atoms with Crippen molar-refractivity contribution in [3.63, 3.8) is 0 Å². The van der Waals surface area contributed by atoms with E-state index in [4.69, 9.17) is 27.9 Å². The van der Waals surface area contributed by atoms with Crippen molar-refractivity contribution in [1.82, 2.24) is 0 Å². The van der Waals surface area contributed by atoms with Gasteiger partial charge in [0.1, 0.15) is 18.2 Å². The van der Waals surface area contributed by atoms with Gasteiger partial charge in [-0.2, -0.15) is 0 Å². The monoisotopic (exact) mass is 470 g/mol. The van der Waals surface area contributed by atoms with Crippen LogP contribution in [0.2, 0.25) is 10.0 Å². The van der Waals surface area contributed by atoms with E-state index in [1.165, 1.54) is 17.0 Å². The summed E-state index contributed by atoms with van der Waals surface area (Å²) in [5.74, 6) is -1.81. The normalized spacial score (nSPS) is 16.4. The third-order valence-corrected chi connectivity index (χ3v) is 5.64. The molecule has 2 aromatic carbocycles. The SMILES string of the molecule is CCOC(=O)CNc1cc(Cl)c(N2CC(Cc3ccc(F)cc3F)CCC2=O)c(Cl)c1. The standard InChI is InChI=1S/C22H22Cl2F2N2O3/c1-2-31-21(30)11-27-16-9-17(23)22(18(24)10-16)28-12-13(3-6-20(28)29)7-14-4-5-15(25)8-19(14)26/h4-5,8-10,13,27H,2-3,6-7,11-12H2,1H3. The van der Waals surface area contributed by atoms with Crippen LogP contribution < -0.4 is 10.2 Å². The Hall–Kier alpha value is -2.38. The predicted molar refractivity (Wildman–Crippen MR) is 117 cm³/mol. The highest BCUT2D eigenvalue weighted by Crippen LogP contribution is 2.39. The Morgan fingerprint density at radius 3 is 2.58 bits per heavy atom. The van der Waals surface area contributed by atoms with Crippen LogP contribution in [0.3, 0.4) is 0 Å². The van der Waals surface area contributed by atoms with Crippen molar-refractivity contribution in [2.75, 3.05) is 29.9 Å². The molecule has 1 heterocycles. The zero-order chi connectivity index (χ0) is 22.5. The number of nitrogens with zero attached hydrogens (tertiary/aromatic N) is 1. The van der Waals surface area contributed by atoms with Crippen LogP contribution in [0.1, 0.15) is 25.3 Å². The van der Waals surface area contributed by atoms with Crippen molar-refractivity contribution >= 4 is 46.5 Å². The molecule has 2 aromatic rings. The number of benzene rings is 2. The van der Waals surface area contributed by atoms with Crippen LogP contribution in [-0.4, -0.2) is 31.6 Å². The molecule has 5 nitrogen and oxygen atoms in total. The fraction of sp³-hybridized carbons (Fsp3) is 0.364. The summed E-state index contributed by atoms with van der Waals surface area (Å²) in [5, 5.41) is 3.39. The number of nitrogens with one attached hydrogen (secondary N) is 1. The summed E-state index contributed by atoms with van der Waals surface area (Å²) in [7, 11) is 0. The van der Waals surface area contributed by atoms with Crippen LogP contribution in [0.5, 0.6) is 0 Å². The van der Waals surface area contributed by atoms with E-state index in [-0.39, 0.29) is 41.4 Å². The molecule has 1 unspecified atom stereocenters. The highest BCUT2D eigenvalue weighted by molar-refractivity contribution is 6.40. The van der Waals surface area contributed by atoms with Gasteiger partial charge in [-0.15, -0.1) is 0 Å². The molecular weight excluding hydrogens is 449 g/mol. The van der Waals surface area contributed by atoms with Crippen molar-refractivity contribution in [2.24, 2.45) is 5.92 Å². The van der Waals surface area contributed by atoms with Crippen molar-refractivity contribution in [1.29, 1.82) is 0 Å². The molecule has 0 aliphatic carbocycles. The molecule has 9 heteroatoms. The van der Waals surface area contributed by atoms with Crippen LogP contribution in [0.15, 0.2) is 30.3 Å². The van der Waals surface area contributed by atoms with Crippen LogP contribution >= 0.6 is 23.2 Å². The van der Waals surface area contributed by atoms with E-state index in [9.17, 15) is 18.4 Å². The Labute approximate surface area is 189 Å². The van der Waals surface area contributed by atoms with Gasteiger partial charge in [0.05, 0.1) is 22.3 Å². The Morgan fingerprint density at radius 1 is 1.23 bits per heavy atom. The fourth-order valence-corrected chi connectivity index (χ4v) is 4.30. The molecule has 1 saturated heterocycles. The lowest BCUT2D eigenvalue weighted by molar-refractivity contribution is -0.140. The van der Waals surface area contributed by atoms with Gasteiger partial charge >= 0.3 is 5.97 Å². The molecule has 31 heavy (non-hydrogen) atoms. The van der Waals surface area contributed by atoms with E-state index in [1.807, 2.05) is 0 Å². The molecule has 1 aliphatic rings. The number of esters is 1. The van der Waals surface area contributed by atoms with E-state index in [0.29, 0.717) is 36.3 Å². The number of hydrogen-bond donors (Lipinski definition) is 1. The number of halogens is 4. The first kappa shape index (κ1) is 23.3. The molecule has 1 amide bonds. The summed E-state index contributed by atoms with van der Waals surface area (Å²) in [6.45, 7) is 2.26. The van der Waals surface area contributed by atoms with Crippen molar-refractivity contribution in [2.45, 2.75) is 26.2 Å². The minimum atomic E-state index is -0.628. The van der Waals surface area contributed by atoms with E-state index in [2.05, 4.69) is 5.32 Å². The van der Waals surface area contributed by atoms with E-state index in [0.717, 1.165) is 6.07 Å². The highest BCUT2D eigenvalue weighted by Gasteiger charge is 2.30. The maximum Gasteiger partial charge on any atom is 0.325 e. The van der Waals surface area contributed by atoms with E-state index >= 15 is 0 Å². The first-order valence-electron chi connectivity index (χ1n) is 9.91. The maximum absolute atomic E-state index is 14.0. The van der Waals surface area contributed by atoms with Crippen LogP contribution in [0, 0.1) is 17.6 Å². The minimum Gasteiger partial charge on any atom is -0.465 e. The molecule has 1 aliphatic heterocycles. The highest BCUT2D eigenvalue weighted by atomic mass is 35.5. The molecule has 1 atom stereocenters. The molecule has 1 fully saturated rings. The second-order valence-electron chi connectivity index (χ2n) is 7.30. The summed E-state index contributed by atoms with van der Waals surface area (Å²) in [4.78, 5) is 25.6. The summed E-state index contributed by atoms with van der Waals surface area (Å²) in [5.41, 5.74) is 1.29. The Balaban J connectivity index is 1.75. The number of anilines is 2. The second-order valence-corrected chi connectivity index (χ2v) is 8.11. The zero-order valence-electron chi connectivity index (χ0n) is 16.9. The molecular formula is C22H22Cl2F2N2O3. The van der Waals surface area contributed by atoms with Gasteiger partial charge in [-0.25, -0.2) is 8.78 Å².